The molecule has 0 rings (SSSR count). The maximum Gasteiger partial charge on any atom is 0.186 e. The average Bonchev–Trinajstić information content (AvgIpc) is 1.67. The van der Waals surface area contributed by atoms with Gasteiger partial charge < -0.3 is 0 Å². The molecule has 0 saturated heterocycles. The van der Waals surface area contributed by atoms with Crippen molar-refractivity contribution in [1.82, 2.24) is 0 Å². The van der Waals surface area contributed by atoms with Crippen molar-refractivity contribution in [3.63, 3.8) is 0 Å². The molecule has 1 unspecified atom stereocenters. The van der Waals surface area contributed by atoms with Gasteiger partial charge in [0.1, 0.15) is 12.5 Å². The first-order valence-electron chi connectivity index (χ1n) is 2.10. The molecule has 0 bridgehead atoms. The number of alkyl halides is 2. The van der Waals surface area contributed by atoms with Crippen molar-refractivity contribution in [2.45, 2.75) is 12.6 Å². The second kappa shape index (κ2) is 2.20. The first kappa shape index (κ1) is 7.53. The molecule has 0 heterocycles. The number of hydrogen-bond donors (Lipinski definition) is 0. The van der Waals surface area contributed by atoms with Crippen LogP contribution in [0.5, 0.6) is 0 Å². The van der Waals surface area contributed by atoms with Gasteiger partial charge in [0.05, 0.1) is 0 Å². The van der Waals surface area contributed by atoms with E-state index in [1.165, 1.54) is 0 Å². The molecular formula is C5H7F3. The van der Waals surface area contributed by atoms with Crippen molar-refractivity contribution in [2.75, 3.05) is 6.67 Å². The van der Waals surface area contributed by atoms with Crippen LogP contribution in [0.25, 0.3) is 0 Å². The lowest BCUT2D eigenvalue weighted by molar-refractivity contribution is 0.154. The van der Waals surface area contributed by atoms with E-state index in [0.29, 0.717) is 0 Å². The Labute approximate surface area is 46.0 Å². The average molecular weight is 124 g/mol. The first-order valence-corrected chi connectivity index (χ1v) is 2.10. The van der Waals surface area contributed by atoms with Crippen LogP contribution in [-0.4, -0.2) is 12.3 Å². The molecule has 0 aromatic rings. The fourth-order valence-corrected chi connectivity index (χ4v) is 0.0725. The zero-order valence-corrected chi connectivity index (χ0v) is 4.55. The fourth-order valence-electron chi connectivity index (χ4n) is 0.0725. The third-order valence-corrected chi connectivity index (χ3v) is 0.817. The standard InChI is InChI=1S/C5H7F3/c1-4(7)5(2,8)3-6/h1,3H2,2H3. The maximum atomic E-state index is 12.1. The van der Waals surface area contributed by atoms with Crippen LogP contribution in [0.3, 0.4) is 0 Å². The quantitative estimate of drug-likeness (QED) is 0.529. The van der Waals surface area contributed by atoms with E-state index in [9.17, 15) is 13.2 Å². The summed E-state index contributed by atoms with van der Waals surface area (Å²) in [6.45, 7) is 2.06. The van der Waals surface area contributed by atoms with Gasteiger partial charge in [0.2, 0.25) is 0 Å². The van der Waals surface area contributed by atoms with E-state index in [4.69, 9.17) is 0 Å². The normalized spacial score (nSPS) is 17.5. The Morgan fingerprint density at radius 1 is 1.75 bits per heavy atom. The van der Waals surface area contributed by atoms with E-state index >= 15 is 0 Å². The topological polar surface area (TPSA) is 0 Å². The van der Waals surface area contributed by atoms with Gasteiger partial charge in [-0.15, -0.1) is 0 Å². The Hall–Kier alpha value is -0.470. The monoisotopic (exact) mass is 124 g/mol. The molecule has 0 N–H and O–H groups in total. The largest absolute Gasteiger partial charge is 0.247 e. The van der Waals surface area contributed by atoms with E-state index in [1.807, 2.05) is 0 Å². The Morgan fingerprint density at radius 2 is 2.12 bits per heavy atom. The van der Waals surface area contributed by atoms with Crippen LogP contribution in [-0.2, 0) is 0 Å². The van der Waals surface area contributed by atoms with Crippen molar-refractivity contribution < 1.29 is 13.2 Å². The molecule has 48 valence electrons. The van der Waals surface area contributed by atoms with Crippen molar-refractivity contribution >= 4 is 0 Å². The summed E-state index contributed by atoms with van der Waals surface area (Å²) in [6, 6.07) is 0. The van der Waals surface area contributed by atoms with Crippen LogP contribution in [0.2, 0.25) is 0 Å². The Morgan fingerprint density at radius 3 is 2.12 bits per heavy atom. The minimum absolute atomic E-state index is 0.801. The predicted molar refractivity (Wildman–Crippen MR) is 25.7 cm³/mol. The van der Waals surface area contributed by atoms with Crippen LogP contribution in [0.4, 0.5) is 13.2 Å². The van der Waals surface area contributed by atoms with Gasteiger partial charge in [-0.3, -0.25) is 0 Å². The number of rotatable bonds is 2. The molecule has 8 heavy (non-hydrogen) atoms. The summed E-state index contributed by atoms with van der Waals surface area (Å²) < 4.78 is 35.1. The summed E-state index contributed by atoms with van der Waals surface area (Å²) >= 11 is 0. The SMILES string of the molecule is C=C(F)C(C)(F)CF. The molecule has 1 atom stereocenters. The highest BCUT2D eigenvalue weighted by Crippen LogP contribution is 2.20. The lowest BCUT2D eigenvalue weighted by Gasteiger charge is -2.10. The highest BCUT2D eigenvalue weighted by atomic mass is 19.2. The zero-order chi connectivity index (χ0) is 6.78. The van der Waals surface area contributed by atoms with Crippen LogP contribution >= 0.6 is 0 Å². The van der Waals surface area contributed by atoms with Gasteiger partial charge in [0.25, 0.3) is 0 Å². The molecule has 0 nitrogen and oxygen atoms in total. The Balaban J connectivity index is 3.91. The molecule has 0 fully saturated rings. The van der Waals surface area contributed by atoms with E-state index < -0.39 is 18.2 Å². The van der Waals surface area contributed by atoms with E-state index in [1.54, 1.807) is 0 Å². The smallest absolute Gasteiger partial charge is 0.186 e. The van der Waals surface area contributed by atoms with Gasteiger partial charge in [0, 0.05) is 0 Å². The minimum atomic E-state index is -2.49. The summed E-state index contributed by atoms with van der Waals surface area (Å²) in [7, 11) is 0. The highest BCUT2D eigenvalue weighted by molar-refractivity contribution is 5.01. The van der Waals surface area contributed by atoms with Gasteiger partial charge in [-0.1, -0.05) is 6.58 Å². The summed E-state index contributed by atoms with van der Waals surface area (Å²) in [5, 5.41) is 0. The number of hydrogen-bond acceptors (Lipinski definition) is 0. The van der Waals surface area contributed by atoms with Gasteiger partial charge in [-0.2, -0.15) is 0 Å². The molecule has 0 aliphatic carbocycles. The predicted octanol–water partition coefficient (Wildman–Crippen LogP) is 2.17. The minimum Gasteiger partial charge on any atom is -0.247 e. The summed E-state index contributed by atoms with van der Waals surface area (Å²) in [5.41, 5.74) is -2.49. The second-order valence-electron chi connectivity index (χ2n) is 1.74. The maximum absolute atomic E-state index is 12.1. The third kappa shape index (κ3) is 1.56. The summed E-state index contributed by atoms with van der Waals surface area (Å²) in [6.07, 6.45) is 0. The van der Waals surface area contributed by atoms with Crippen molar-refractivity contribution in [3.8, 4) is 0 Å². The van der Waals surface area contributed by atoms with Crippen molar-refractivity contribution in [1.29, 1.82) is 0 Å². The summed E-state index contributed by atoms with van der Waals surface area (Å²) in [5.74, 6) is -1.26. The van der Waals surface area contributed by atoms with Crippen molar-refractivity contribution in [3.05, 3.63) is 12.4 Å². The molecule has 0 saturated carbocycles. The van der Waals surface area contributed by atoms with Crippen LogP contribution < -0.4 is 0 Å². The lowest BCUT2D eigenvalue weighted by atomic mass is 10.1. The highest BCUT2D eigenvalue weighted by Gasteiger charge is 2.27. The summed E-state index contributed by atoms with van der Waals surface area (Å²) in [4.78, 5) is 0. The molecule has 0 radical (unpaired) electrons. The number of halogens is 3. The van der Waals surface area contributed by atoms with Gasteiger partial charge >= 0.3 is 0 Å². The van der Waals surface area contributed by atoms with Gasteiger partial charge in [-0.05, 0) is 6.92 Å². The van der Waals surface area contributed by atoms with Crippen LogP contribution in [0.15, 0.2) is 12.4 Å². The second-order valence-corrected chi connectivity index (χ2v) is 1.74. The molecule has 0 spiro atoms. The van der Waals surface area contributed by atoms with Crippen LogP contribution in [0.1, 0.15) is 6.92 Å². The van der Waals surface area contributed by atoms with Crippen LogP contribution in [0, 0.1) is 0 Å². The number of allylic oxidation sites excluding steroid dienone is 1. The molecule has 0 aromatic carbocycles. The zero-order valence-electron chi connectivity index (χ0n) is 4.55. The fraction of sp³-hybridized carbons (Fsp3) is 0.600. The molecular weight excluding hydrogens is 117 g/mol. The Kier molecular flexibility index (Phi) is 2.07. The molecule has 0 aromatic heterocycles. The molecule has 0 aliphatic heterocycles. The molecule has 0 amide bonds. The van der Waals surface area contributed by atoms with Gasteiger partial charge in [0.15, 0.2) is 5.67 Å². The first-order chi connectivity index (χ1) is 3.50. The van der Waals surface area contributed by atoms with E-state index in [0.717, 1.165) is 6.92 Å². The van der Waals surface area contributed by atoms with E-state index in [-0.39, 0.29) is 0 Å². The molecule has 3 heteroatoms. The van der Waals surface area contributed by atoms with E-state index in [2.05, 4.69) is 6.58 Å². The van der Waals surface area contributed by atoms with Crippen molar-refractivity contribution in [2.24, 2.45) is 0 Å². The molecule has 0 aliphatic rings. The Bertz CT molecular complexity index is 95.8. The third-order valence-electron chi connectivity index (χ3n) is 0.817. The lowest BCUT2D eigenvalue weighted by Crippen LogP contribution is -2.20. The van der Waals surface area contributed by atoms with Gasteiger partial charge in [-0.25, -0.2) is 13.2 Å².